The van der Waals surface area contributed by atoms with Crippen LogP contribution in [-0.2, 0) is 24.2 Å². The average Bonchev–Trinajstić information content (AvgIpc) is 3.33. The van der Waals surface area contributed by atoms with Crippen molar-refractivity contribution in [2.24, 2.45) is 40.4 Å². The third-order valence-electron chi connectivity index (χ3n) is 12.1. The second-order valence-corrected chi connectivity index (χ2v) is 15.9. The monoisotopic (exact) mass is 652 g/mol. The van der Waals surface area contributed by atoms with Crippen LogP contribution in [0.2, 0.25) is 0 Å². The molecule has 258 valence electrons. The molecule has 8 atom stereocenters. The zero-order chi connectivity index (χ0) is 32.7. The molecule has 2 amide bonds. The van der Waals surface area contributed by atoms with Crippen LogP contribution < -0.4 is 21.3 Å². The van der Waals surface area contributed by atoms with Gasteiger partial charge in [0.15, 0.2) is 0 Å². The van der Waals surface area contributed by atoms with E-state index in [2.05, 4.69) is 48.1 Å². The molecule has 11 heteroatoms. The number of carbonyl (C=O) groups excluding carboxylic acids is 2. The first-order chi connectivity index (χ1) is 21.3. The van der Waals surface area contributed by atoms with E-state index < -0.39 is 16.5 Å². The van der Waals surface area contributed by atoms with Crippen molar-refractivity contribution in [2.75, 3.05) is 39.3 Å². The molecule has 0 spiro atoms. The van der Waals surface area contributed by atoms with E-state index in [1.54, 1.807) is 6.92 Å². The van der Waals surface area contributed by atoms with E-state index >= 15 is 0 Å². The molecule has 4 aliphatic carbocycles. The highest BCUT2D eigenvalue weighted by atomic mass is 32.3. The molecule has 3 fully saturated rings. The van der Waals surface area contributed by atoms with Gasteiger partial charge >= 0.3 is 10.4 Å². The molecular formula is C34H60N4O6S. The standard InChI is InChI=1S/C34H60N4O6S/c1-24(32(40)38-22-8-20-36-18-6-5-17-35-19-7-21-37-25(2)39)29-11-12-30-28-10-9-26-23-27(44-45(41,42)43)13-15-33(26,3)31(28)14-16-34(29,30)4/h9,24,27-31,35-36H,5-8,10-23H2,1-4H3,(H,37,39)(H,38,40)(H,41,42,43)/t24-,27-,28-,29+,30-,31-,33-,34+/m0/s1. The summed E-state index contributed by atoms with van der Waals surface area (Å²) in [5.74, 6) is 2.43. The van der Waals surface area contributed by atoms with Gasteiger partial charge in [0.2, 0.25) is 11.8 Å². The van der Waals surface area contributed by atoms with Gasteiger partial charge < -0.3 is 21.3 Å². The topological polar surface area (TPSA) is 146 Å². The van der Waals surface area contributed by atoms with E-state index in [0.29, 0.717) is 43.1 Å². The Labute approximate surface area is 272 Å². The lowest BCUT2D eigenvalue weighted by atomic mass is 9.47. The van der Waals surface area contributed by atoms with E-state index in [1.165, 1.54) is 12.0 Å². The fourth-order valence-electron chi connectivity index (χ4n) is 9.74. The Balaban J connectivity index is 1.15. The SMILES string of the molecule is CC(=O)NCCCNCCCCNCCCNC(=O)[C@@H](C)[C@H]1CC[C@H]2[C@@H]3CC=C4C[C@@H](OS(=O)(=O)O)CC[C@]4(C)[C@H]3CC[C@]12C. The van der Waals surface area contributed by atoms with Gasteiger partial charge in [0.25, 0.3) is 0 Å². The van der Waals surface area contributed by atoms with Gasteiger partial charge in [-0.15, -0.1) is 0 Å². The summed E-state index contributed by atoms with van der Waals surface area (Å²) in [5, 5.41) is 13.0. The molecule has 4 aliphatic rings. The maximum Gasteiger partial charge on any atom is 0.397 e. The van der Waals surface area contributed by atoms with Crippen LogP contribution in [0.5, 0.6) is 0 Å². The Morgan fingerprint density at radius 1 is 0.911 bits per heavy atom. The highest BCUT2D eigenvalue weighted by Crippen LogP contribution is 2.67. The highest BCUT2D eigenvalue weighted by Gasteiger charge is 2.59. The molecule has 0 aliphatic heterocycles. The van der Waals surface area contributed by atoms with E-state index in [0.717, 1.165) is 90.5 Å². The molecule has 0 unspecified atom stereocenters. The third kappa shape index (κ3) is 9.30. The molecular weight excluding hydrogens is 592 g/mol. The zero-order valence-electron chi connectivity index (χ0n) is 28.2. The van der Waals surface area contributed by atoms with Crippen LogP contribution in [0.15, 0.2) is 11.6 Å². The number of nitrogens with one attached hydrogen (secondary N) is 4. The maximum absolute atomic E-state index is 13.3. The number of hydrogen-bond acceptors (Lipinski definition) is 7. The quantitative estimate of drug-likeness (QED) is 0.0885. The molecule has 0 aromatic heterocycles. The van der Waals surface area contributed by atoms with Crippen molar-refractivity contribution in [3.05, 3.63) is 11.6 Å². The Bertz CT molecular complexity index is 1150. The first-order valence-corrected chi connectivity index (χ1v) is 19.0. The number of rotatable bonds is 17. The number of allylic oxidation sites excluding steroid dienone is 1. The molecule has 0 heterocycles. The number of amides is 2. The summed E-state index contributed by atoms with van der Waals surface area (Å²) in [5.41, 5.74) is 1.55. The molecule has 5 N–H and O–H groups in total. The smallest absolute Gasteiger partial charge is 0.356 e. The largest absolute Gasteiger partial charge is 0.397 e. The Hall–Kier alpha value is -1.53. The number of hydrogen-bond donors (Lipinski definition) is 5. The minimum atomic E-state index is -4.44. The Kier molecular flexibility index (Phi) is 12.9. The van der Waals surface area contributed by atoms with Crippen molar-refractivity contribution in [3.8, 4) is 0 Å². The average molecular weight is 653 g/mol. The summed E-state index contributed by atoms with van der Waals surface area (Å²) in [6.45, 7) is 13.7. The Morgan fingerprint density at radius 3 is 2.20 bits per heavy atom. The molecule has 3 saturated carbocycles. The minimum Gasteiger partial charge on any atom is -0.356 e. The summed E-state index contributed by atoms with van der Waals surface area (Å²) in [4.78, 5) is 24.1. The number of fused-ring (bicyclic) bond motifs is 5. The van der Waals surface area contributed by atoms with Gasteiger partial charge in [0.1, 0.15) is 0 Å². The highest BCUT2D eigenvalue weighted by molar-refractivity contribution is 7.80. The van der Waals surface area contributed by atoms with Crippen LogP contribution in [0, 0.1) is 40.4 Å². The van der Waals surface area contributed by atoms with Gasteiger partial charge in [-0.25, -0.2) is 4.18 Å². The van der Waals surface area contributed by atoms with Gasteiger partial charge in [0.05, 0.1) is 6.10 Å². The van der Waals surface area contributed by atoms with Crippen LogP contribution in [-0.4, -0.2) is 70.2 Å². The molecule has 0 saturated heterocycles. The number of unbranched alkanes of at least 4 members (excludes halogenated alkanes) is 1. The van der Waals surface area contributed by atoms with E-state index in [-0.39, 0.29) is 28.6 Å². The van der Waals surface area contributed by atoms with Gasteiger partial charge in [-0.2, -0.15) is 8.42 Å². The van der Waals surface area contributed by atoms with E-state index in [9.17, 15) is 22.6 Å². The summed E-state index contributed by atoms with van der Waals surface area (Å²) < 4.78 is 36.8. The fraction of sp³-hybridized carbons (Fsp3) is 0.882. The van der Waals surface area contributed by atoms with Crippen molar-refractivity contribution < 1.29 is 26.7 Å². The lowest BCUT2D eigenvalue weighted by molar-refractivity contribution is -0.129. The van der Waals surface area contributed by atoms with Gasteiger partial charge in [-0.3, -0.25) is 14.1 Å². The second-order valence-electron chi connectivity index (χ2n) is 14.9. The molecule has 0 aromatic carbocycles. The van der Waals surface area contributed by atoms with Crippen LogP contribution in [0.1, 0.15) is 105 Å². The second kappa shape index (κ2) is 16.0. The predicted molar refractivity (Wildman–Crippen MR) is 177 cm³/mol. The molecule has 10 nitrogen and oxygen atoms in total. The molecule has 0 bridgehead atoms. The summed E-state index contributed by atoms with van der Waals surface area (Å²) in [7, 11) is -4.44. The lowest BCUT2D eigenvalue weighted by Gasteiger charge is -2.58. The maximum atomic E-state index is 13.3. The predicted octanol–water partition coefficient (Wildman–Crippen LogP) is 4.38. The lowest BCUT2D eigenvalue weighted by Crippen LogP contribution is -2.51. The minimum absolute atomic E-state index is 0.00792. The number of carbonyl (C=O) groups is 2. The summed E-state index contributed by atoms with van der Waals surface area (Å²) in [6.07, 6.45) is 13.7. The molecule has 0 aromatic rings. The van der Waals surface area contributed by atoms with Crippen LogP contribution in [0.25, 0.3) is 0 Å². The first-order valence-electron chi connectivity index (χ1n) is 17.6. The van der Waals surface area contributed by atoms with Crippen molar-refractivity contribution in [1.29, 1.82) is 0 Å². The molecule has 4 rings (SSSR count). The van der Waals surface area contributed by atoms with Gasteiger partial charge in [-0.1, -0.05) is 32.4 Å². The summed E-state index contributed by atoms with van der Waals surface area (Å²) >= 11 is 0. The Morgan fingerprint density at radius 2 is 1.56 bits per heavy atom. The van der Waals surface area contributed by atoms with E-state index in [4.69, 9.17) is 4.18 Å². The van der Waals surface area contributed by atoms with Crippen LogP contribution in [0.4, 0.5) is 0 Å². The van der Waals surface area contributed by atoms with Gasteiger partial charge in [-0.05, 0) is 138 Å². The molecule has 45 heavy (non-hydrogen) atoms. The summed E-state index contributed by atoms with van der Waals surface area (Å²) in [6, 6.07) is 0. The fourth-order valence-corrected chi connectivity index (χ4v) is 10.2. The molecule has 0 radical (unpaired) electrons. The van der Waals surface area contributed by atoms with Crippen molar-refractivity contribution >= 4 is 22.2 Å². The zero-order valence-corrected chi connectivity index (χ0v) is 29.0. The van der Waals surface area contributed by atoms with Gasteiger partial charge in [0, 0.05) is 25.9 Å². The van der Waals surface area contributed by atoms with Crippen LogP contribution in [0.3, 0.4) is 0 Å². The normalized spacial score (nSPS) is 33.4. The van der Waals surface area contributed by atoms with Crippen molar-refractivity contribution in [1.82, 2.24) is 21.3 Å². The first kappa shape index (κ1) is 36.3. The van der Waals surface area contributed by atoms with Crippen molar-refractivity contribution in [2.45, 2.75) is 111 Å². The van der Waals surface area contributed by atoms with Crippen molar-refractivity contribution in [3.63, 3.8) is 0 Å². The van der Waals surface area contributed by atoms with E-state index in [1.807, 2.05) is 0 Å². The third-order valence-corrected chi connectivity index (χ3v) is 12.6. The van der Waals surface area contributed by atoms with Crippen LogP contribution >= 0.6 is 0 Å².